The number of Topliss-reactive ketones (excluding diaryl/α,β-unsaturated/α-hetero) is 2. The minimum Gasteiger partial charge on any atom is -0.508 e. The van der Waals surface area contributed by atoms with E-state index in [1.165, 1.54) is 0 Å². The third-order valence-electron chi connectivity index (χ3n) is 21.6. The Balaban J connectivity index is 0.000000206. The van der Waals surface area contributed by atoms with Gasteiger partial charge in [0.25, 0.3) is 0 Å². The number of aromatic hydroxyl groups is 1. The van der Waals surface area contributed by atoms with E-state index in [1.807, 2.05) is 103 Å². The van der Waals surface area contributed by atoms with Crippen LogP contribution in [0.25, 0.3) is 12.2 Å². The molecule has 0 saturated carbocycles. The van der Waals surface area contributed by atoms with Crippen molar-refractivity contribution in [2.75, 3.05) is 310 Å². The van der Waals surface area contributed by atoms with E-state index in [-0.39, 0.29) is 18.2 Å². The predicted molar refractivity (Wildman–Crippen MR) is 535 cm³/mol. The Morgan fingerprint density at radius 3 is 1.29 bits per heavy atom. The molecule has 8 aromatic rings. The molecular weight excluding hydrogens is 1850 g/mol. The van der Waals surface area contributed by atoms with Crippen molar-refractivity contribution in [1.82, 2.24) is 0 Å². The molecule has 0 fully saturated rings. The van der Waals surface area contributed by atoms with E-state index < -0.39 is 37.7 Å². The number of fused-ring (bicyclic) bond motifs is 7. The first-order valence-electron chi connectivity index (χ1n) is 45.1. The number of aldehydes is 1. The van der Waals surface area contributed by atoms with Gasteiger partial charge in [0.05, 0.1) is 161 Å². The number of allylic oxidation sites excluding steroid dienone is 4. The van der Waals surface area contributed by atoms with E-state index in [2.05, 4.69) is 99.0 Å². The maximum atomic E-state index is 15.5. The van der Waals surface area contributed by atoms with E-state index in [4.69, 9.17) is 137 Å². The molecule has 5 aliphatic heterocycles. The first kappa shape index (κ1) is 110. The second-order valence-electron chi connectivity index (χ2n) is 32.1. The van der Waals surface area contributed by atoms with Crippen LogP contribution < -0.4 is 68.4 Å². The second-order valence-corrected chi connectivity index (χ2v) is 33.6. The molecule has 0 bridgehead atoms. The number of rotatable bonds is 17. The molecule has 744 valence electrons. The van der Waals surface area contributed by atoms with Crippen LogP contribution in [-0.4, -0.2) is 310 Å². The number of nitrogens with zero attached hydrogens (tertiary/aromatic N) is 7. The van der Waals surface area contributed by atoms with Crippen LogP contribution in [-0.2, 0) is 71.2 Å². The molecule has 0 radical (unpaired) electrons. The lowest BCUT2D eigenvalue weighted by molar-refractivity contribution is -0.136. The molecule has 6 aliphatic rings. The van der Waals surface area contributed by atoms with Gasteiger partial charge in [-0.05, 0) is 101 Å². The number of carboxylic acid groups (broad SMARTS) is 1. The standard InChI is InChI=1S/C34H44FN3O6.C33H40N2O6.C18H27NO6.C8H11NO.C6Cl4O2.C3H6O2/c1-36(2)25-7-8-26-31(21-25)44-32-23-30(37(3)4)28(35)22-27(32)34(26)24-6-9-29-33(20-24)43-19-18-42-17-16-41-15-14-40-13-11-38(29)10-12-39-5;1-24-5-8-27-30(21-24)41-31-23-26(34(2)3)7-9-28(31)33(27)25-6-10-29-32(22-25)40-20-19-39-18-17-38-16-15-37-14-12-35(29)11-13-36-4;1-21-6-4-19-5-7-22-8-9-23-10-11-24-12-13-25-18-14-16(15-20)2-3-17(18)19;1-9(2)7-4-3-5-8(10)6-7;7-1-2(8)6(12)4(10)3(9)5(1)11;1-2-3(4)5/h6-9,20-23,34H,10-19H2,1-5H3;5-10,21-23H,1,11-20H2,2-4H3;2-3,14-15H,4-13H2,1H3;3-6,10H,1-2H3;;2H2,1H3,(H,4,5). The molecule has 1 unspecified atom stereocenters. The average molecular weight is 1980 g/mol. The Morgan fingerprint density at radius 2 is 0.854 bits per heavy atom. The van der Waals surface area contributed by atoms with Gasteiger partial charge in [0.15, 0.2) is 0 Å². The molecule has 0 saturated heterocycles. The summed E-state index contributed by atoms with van der Waals surface area (Å²) in [5.74, 6) is 2.70. The fraction of sp³-hybridized carbons (Fsp3) is 0.431. The van der Waals surface area contributed by atoms with Crippen LogP contribution in [0.3, 0.4) is 0 Å². The van der Waals surface area contributed by atoms with Crippen LogP contribution in [0.2, 0.25) is 0 Å². The number of carboxylic acids is 1. The molecule has 1 aliphatic carbocycles. The van der Waals surface area contributed by atoms with Crippen molar-refractivity contribution in [1.29, 1.82) is 0 Å². The fourth-order valence-electron chi connectivity index (χ4n) is 14.4. The van der Waals surface area contributed by atoms with Gasteiger partial charge < -0.3 is 125 Å². The van der Waals surface area contributed by atoms with E-state index >= 15 is 4.39 Å². The number of carbonyl (C=O) groups excluding carboxylic acids is 3. The molecule has 8 aromatic carbocycles. The number of benzene rings is 8. The molecule has 0 aromatic heterocycles. The number of methoxy groups -OCH3 is 3. The number of aliphatic carboxylic acids is 1. The van der Waals surface area contributed by atoms with Crippen molar-refractivity contribution in [3.05, 3.63) is 215 Å². The molecule has 30 nitrogen and oxygen atoms in total. The number of hydrogen-bond acceptors (Lipinski definition) is 29. The number of ether oxygens (including phenoxy) is 17. The van der Waals surface area contributed by atoms with Crippen molar-refractivity contribution in [2.24, 2.45) is 0 Å². The number of carbonyl (C=O) groups is 4. The monoisotopic (exact) mass is 1980 g/mol. The number of hydrogen-bond donors (Lipinski definition) is 2. The van der Waals surface area contributed by atoms with Crippen molar-refractivity contribution in [2.45, 2.75) is 19.3 Å². The van der Waals surface area contributed by atoms with Gasteiger partial charge in [0, 0.05) is 204 Å². The summed E-state index contributed by atoms with van der Waals surface area (Å²) in [4.78, 5) is 56.9. The Morgan fingerprint density at radius 1 is 0.445 bits per heavy atom. The maximum absolute atomic E-state index is 15.5. The molecule has 1 atom stereocenters. The van der Waals surface area contributed by atoms with Gasteiger partial charge in [0.2, 0.25) is 11.6 Å². The van der Waals surface area contributed by atoms with Gasteiger partial charge in [-0.15, -0.1) is 0 Å². The molecule has 2 N–H and O–H groups in total. The number of ketones is 2. The average Bonchev–Trinajstić information content (AvgIpc) is 0.733. The van der Waals surface area contributed by atoms with Crippen LogP contribution in [0.5, 0.6) is 46.0 Å². The highest BCUT2D eigenvalue weighted by Gasteiger charge is 2.34. The first-order valence-corrected chi connectivity index (χ1v) is 46.6. The first-order chi connectivity index (χ1) is 66.2. The lowest BCUT2D eigenvalue weighted by Gasteiger charge is -2.32. The molecule has 35 heteroatoms. The Hall–Kier alpha value is -10.5. The number of phenols is 1. The van der Waals surface area contributed by atoms with Crippen LogP contribution in [0.1, 0.15) is 57.4 Å². The van der Waals surface area contributed by atoms with Crippen LogP contribution >= 0.6 is 46.4 Å². The highest BCUT2D eigenvalue weighted by atomic mass is 35.5. The summed E-state index contributed by atoms with van der Waals surface area (Å²) in [6.07, 6.45) is 1.04. The van der Waals surface area contributed by atoms with Crippen molar-refractivity contribution in [3.8, 4) is 46.0 Å². The van der Waals surface area contributed by atoms with Gasteiger partial charge in [-0.25, -0.2) is 4.39 Å². The fourth-order valence-corrected chi connectivity index (χ4v) is 15.2. The minimum atomic E-state index is -0.745. The van der Waals surface area contributed by atoms with Crippen LogP contribution in [0, 0.1) is 5.82 Å². The Labute approximate surface area is 822 Å². The van der Waals surface area contributed by atoms with Crippen molar-refractivity contribution >= 4 is 122 Å². The molecule has 137 heavy (non-hydrogen) atoms. The summed E-state index contributed by atoms with van der Waals surface area (Å²) in [5.41, 5.74) is 12.9. The maximum Gasteiger partial charge on any atom is 0.303 e. The lowest BCUT2D eigenvalue weighted by atomic mass is 9.82. The van der Waals surface area contributed by atoms with Gasteiger partial charge in [0.1, 0.15) is 98.0 Å². The Kier molecular flexibility index (Phi) is 46.9. The smallest absolute Gasteiger partial charge is 0.303 e. The molecule has 5 heterocycles. The number of phenolic OH excluding ortho intramolecular Hbond substituents is 1. The molecule has 0 spiro atoms. The zero-order valence-corrected chi connectivity index (χ0v) is 83.2. The van der Waals surface area contributed by atoms with E-state index in [0.717, 1.165) is 113 Å². The summed E-state index contributed by atoms with van der Waals surface area (Å²) in [7, 11) is 20.7. The van der Waals surface area contributed by atoms with Crippen LogP contribution in [0.15, 0.2) is 166 Å². The van der Waals surface area contributed by atoms with E-state index in [1.54, 1.807) is 69.6 Å². The minimum absolute atomic E-state index is 0.222. The lowest BCUT2D eigenvalue weighted by Crippen LogP contribution is -2.31. The summed E-state index contributed by atoms with van der Waals surface area (Å²) in [6.45, 7) is 22.1. The zero-order valence-electron chi connectivity index (χ0n) is 80.1. The predicted octanol–water partition coefficient (Wildman–Crippen LogP) is 14.4. The quantitative estimate of drug-likeness (QED) is 0.0632. The van der Waals surface area contributed by atoms with Gasteiger partial charge >= 0.3 is 5.97 Å². The van der Waals surface area contributed by atoms with Crippen molar-refractivity contribution in [3.63, 3.8) is 0 Å². The third-order valence-corrected chi connectivity index (χ3v) is 23.3. The summed E-state index contributed by atoms with van der Waals surface area (Å²) < 4.78 is 114. The number of halogens is 5. The summed E-state index contributed by atoms with van der Waals surface area (Å²) in [5, 5.41) is 17.1. The highest BCUT2D eigenvalue weighted by Crippen LogP contribution is 2.51. The summed E-state index contributed by atoms with van der Waals surface area (Å²) >= 11 is 21.5. The van der Waals surface area contributed by atoms with Gasteiger partial charge in [-0.1, -0.05) is 96.3 Å². The Bertz CT molecular complexity index is 5340. The third kappa shape index (κ3) is 33.6. The van der Waals surface area contributed by atoms with E-state index in [9.17, 15) is 19.2 Å². The van der Waals surface area contributed by atoms with Crippen LogP contribution in [0.4, 0.5) is 44.2 Å². The molecule has 14 rings (SSSR count). The topological polar surface area (TPSA) is 288 Å². The molecule has 0 amide bonds. The summed E-state index contributed by atoms with van der Waals surface area (Å²) in [6, 6.07) is 47.3. The van der Waals surface area contributed by atoms with Crippen molar-refractivity contribution < 1.29 is 114 Å². The normalized spacial score (nSPS) is 16.4. The zero-order chi connectivity index (χ0) is 98.7. The SMILES string of the molecule is C=c1ccc2c(c1)Oc1cc(N(C)C)ccc1C=2c1ccc2c(c1)OCCOCCOCCOCCN2CCOC.CCC(=O)O.CN(C)c1cccc(O)c1.COCCN1CCOCCOCCOCCOc2cc(C3c4ccc(N(C)C)cc4Oc4cc(N(C)C)c(F)cc43)ccc21.COCCN1CCOCCOCCOCCOc2cc(C=O)ccc21.O=C1C(Cl)=C(Cl)C(=O)C(Cl)=C1Cl. The number of anilines is 7. The largest absolute Gasteiger partial charge is 0.508 e. The highest BCUT2D eigenvalue weighted by molar-refractivity contribution is 6.69. The van der Waals surface area contributed by atoms with Gasteiger partial charge in [-0.2, -0.15) is 0 Å². The molecular formula is C102H128Cl4FN7O23. The second kappa shape index (κ2) is 58.4. The van der Waals surface area contributed by atoms with E-state index in [0.29, 0.717) is 226 Å². The van der Waals surface area contributed by atoms with Gasteiger partial charge in [-0.3, -0.25) is 19.2 Å².